The molecule has 0 saturated heterocycles. The molecular weight excluding hydrogens is 763 g/mol. The van der Waals surface area contributed by atoms with Crippen molar-refractivity contribution in [1.82, 2.24) is 0 Å². The lowest BCUT2D eigenvalue weighted by molar-refractivity contribution is 0.660. The van der Waals surface area contributed by atoms with E-state index < -0.39 is 0 Å². The largest absolute Gasteiger partial charge is 0.456 e. The van der Waals surface area contributed by atoms with Gasteiger partial charge in [0.25, 0.3) is 0 Å². The molecule has 4 heteroatoms. The van der Waals surface area contributed by atoms with E-state index >= 15 is 0 Å². The van der Waals surface area contributed by atoms with Crippen LogP contribution in [0.5, 0.6) is 0 Å². The summed E-state index contributed by atoms with van der Waals surface area (Å²) in [5.74, 6) is 0. The van der Waals surface area contributed by atoms with Gasteiger partial charge in [0.15, 0.2) is 5.58 Å². The fourth-order valence-corrected chi connectivity index (χ4v) is 11.3. The monoisotopic (exact) mass is 799 g/mol. The Morgan fingerprint density at radius 1 is 0.410 bits per heavy atom. The number of para-hydroxylation sites is 1. The average Bonchev–Trinajstić information content (AvgIpc) is 4.04. The molecular formula is C57H37NO2S. The van der Waals surface area contributed by atoms with Gasteiger partial charge in [-0.1, -0.05) is 141 Å². The maximum Gasteiger partial charge on any atom is 0.159 e. The molecule has 0 unspecified atom stereocenters. The Bertz CT molecular complexity index is 3740. The highest BCUT2D eigenvalue weighted by atomic mass is 32.1. The van der Waals surface area contributed by atoms with Crippen molar-refractivity contribution < 1.29 is 8.83 Å². The number of fused-ring (bicyclic) bond motifs is 12. The van der Waals surface area contributed by atoms with Gasteiger partial charge in [0.1, 0.15) is 16.7 Å². The molecule has 0 N–H and O–H groups in total. The van der Waals surface area contributed by atoms with Crippen LogP contribution in [0.1, 0.15) is 25.0 Å². The van der Waals surface area contributed by atoms with E-state index in [-0.39, 0.29) is 5.41 Å². The van der Waals surface area contributed by atoms with Crippen molar-refractivity contribution >= 4 is 92.4 Å². The lowest BCUT2D eigenvalue weighted by Gasteiger charge is -2.28. The quantitative estimate of drug-likeness (QED) is 0.174. The van der Waals surface area contributed by atoms with E-state index in [1.165, 1.54) is 53.6 Å². The van der Waals surface area contributed by atoms with Gasteiger partial charge in [-0.2, -0.15) is 0 Å². The predicted octanol–water partition coefficient (Wildman–Crippen LogP) is 17.0. The molecule has 9 aromatic carbocycles. The van der Waals surface area contributed by atoms with Crippen LogP contribution in [0.2, 0.25) is 0 Å². The molecule has 0 aliphatic heterocycles. The SMILES string of the molecule is CC1(C)c2ccccc2-c2ccc(N(c3ccc(-c4cccc5sc6ccccc6c45)cc3)c3cccc4c3oc3cc5c(cc34)oc3cccc(-c4ccccc4)c35)cc21. The van der Waals surface area contributed by atoms with Crippen LogP contribution in [0.3, 0.4) is 0 Å². The Morgan fingerprint density at radius 2 is 1.05 bits per heavy atom. The molecule has 288 valence electrons. The number of furan rings is 2. The van der Waals surface area contributed by atoms with Crippen LogP contribution >= 0.6 is 11.3 Å². The standard InChI is InChI=1S/C57H37NO2S/c1-57(2)46-20-8-6-15-40(46)41-30-29-37(31-47(41)57)58(36-27-25-35(26-28-36)39-18-12-24-53-55(39)43-16-7-9-23-52(43)61-53)48-21-10-19-42-44-32-51-45(33-50(44)60-56(42)48)54-38(17-11-22-49(54)59-51)34-13-4-3-5-14-34/h3-33H,1-2H3. The van der Waals surface area contributed by atoms with E-state index in [9.17, 15) is 0 Å². The summed E-state index contributed by atoms with van der Waals surface area (Å²) in [4.78, 5) is 2.38. The second kappa shape index (κ2) is 12.8. The van der Waals surface area contributed by atoms with Crippen LogP contribution in [0, 0.1) is 0 Å². The number of hydrogen-bond donors (Lipinski definition) is 0. The van der Waals surface area contributed by atoms with E-state index in [1.807, 2.05) is 11.3 Å². The highest BCUT2D eigenvalue weighted by molar-refractivity contribution is 7.25. The van der Waals surface area contributed by atoms with Crippen molar-refractivity contribution in [2.75, 3.05) is 4.90 Å². The van der Waals surface area contributed by atoms with Gasteiger partial charge >= 0.3 is 0 Å². The van der Waals surface area contributed by atoms with Crippen LogP contribution in [0.25, 0.3) is 97.4 Å². The van der Waals surface area contributed by atoms with Crippen molar-refractivity contribution in [1.29, 1.82) is 0 Å². The second-order valence-corrected chi connectivity index (χ2v) is 17.9. The smallest absolute Gasteiger partial charge is 0.159 e. The number of rotatable bonds is 5. The van der Waals surface area contributed by atoms with Gasteiger partial charge in [0.05, 0.1) is 5.69 Å². The minimum Gasteiger partial charge on any atom is -0.456 e. The highest BCUT2D eigenvalue weighted by Gasteiger charge is 2.36. The third-order valence-corrected chi connectivity index (χ3v) is 14.2. The fraction of sp³-hybridized carbons (Fsp3) is 0.0526. The zero-order valence-electron chi connectivity index (χ0n) is 33.6. The molecule has 1 aliphatic rings. The van der Waals surface area contributed by atoms with E-state index in [4.69, 9.17) is 8.83 Å². The summed E-state index contributed by atoms with van der Waals surface area (Å²) in [6.07, 6.45) is 0. The molecule has 13 rings (SSSR count). The molecule has 3 nitrogen and oxygen atoms in total. The zero-order valence-corrected chi connectivity index (χ0v) is 34.4. The highest BCUT2D eigenvalue weighted by Crippen LogP contribution is 2.52. The maximum absolute atomic E-state index is 7.05. The zero-order chi connectivity index (χ0) is 40.4. The minimum atomic E-state index is -0.152. The first-order valence-electron chi connectivity index (χ1n) is 20.9. The molecule has 3 aromatic heterocycles. The molecule has 0 fully saturated rings. The van der Waals surface area contributed by atoms with Crippen molar-refractivity contribution in [3.05, 3.63) is 199 Å². The van der Waals surface area contributed by atoms with Crippen LogP contribution in [-0.4, -0.2) is 0 Å². The Kier molecular flexibility index (Phi) is 7.23. The normalized spacial score (nSPS) is 13.2. The van der Waals surface area contributed by atoms with Crippen LogP contribution in [0.4, 0.5) is 17.1 Å². The first-order chi connectivity index (χ1) is 30.0. The summed E-state index contributed by atoms with van der Waals surface area (Å²) in [5.41, 5.74) is 16.4. The van der Waals surface area contributed by atoms with Gasteiger partial charge in [-0.25, -0.2) is 0 Å². The van der Waals surface area contributed by atoms with Crippen molar-refractivity contribution in [2.24, 2.45) is 0 Å². The number of benzene rings is 9. The molecule has 1 aliphatic carbocycles. The summed E-state index contributed by atoms with van der Waals surface area (Å²) >= 11 is 1.86. The Labute approximate surface area is 356 Å². The van der Waals surface area contributed by atoms with Crippen LogP contribution in [-0.2, 0) is 5.41 Å². The van der Waals surface area contributed by atoms with Gasteiger partial charge < -0.3 is 13.7 Å². The number of anilines is 3. The van der Waals surface area contributed by atoms with Gasteiger partial charge in [-0.3, -0.25) is 0 Å². The molecule has 12 aromatic rings. The summed E-state index contributed by atoms with van der Waals surface area (Å²) < 4.78 is 16.3. The van der Waals surface area contributed by atoms with Gasteiger partial charge in [0, 0.05) is 58.5 Å². The molecule has 0 radical (unpaired) electrons. The lowest BCUT2D eigenvalue weighted by Crippen LogP contribution is -2.16. The third-order valence-electron chi connectivity index (χ3n) is 13.1. The molecule has 0 saturated carbocycles. The number of nitrogens with zero attached hydrogens (tertiary/aromatic N) is 1. The molecule has 0 spiro atoms. The van der Waals surface area contributed by atoms with Crippen molar-refractivity contribution in [3.8, 4) is 33.4 Å². The fourth-order valence-electron chi connectivity index (χ4n) is 10.2. The van der Waals surface area contributed by atoms with Crippen molar-refractivity contribution in [3.63, 3.8) is 0 Å². The summed E-state index contributed by atoms with van der Waals surface area (Å²) in [7, 11) is 0. The Balaban J connectivity index is 1.01. The number of hydrogen-bond acceptors (Lipinski definition) is 4. The predicted molar refractivity (Wildman–Crippen MR) is 257 cm³/mol. The van der Waals surface area contributed by atoms with Gasteiger partial charge in [-0.05, 0) is 105 Å². The molecule has 3 heterocycles. The van der Waals surface area contributed by atoms with E-state index in [2.05, 4.69) is 207 Å². The van der Waals surface area contributed by atoms with Crippen LogP contribution < -0.4 is 4.90 Å². The van der Waals surface area contributed by atoms with E-state index in [1.54, 1.807) is 0 Å². The molecule has 0 bridgehead atoms. The first kappa shape index (κ1) is 34.5. The lowest BCUT2D eigenvalue weighted by atomic mass is 9.82. The first-order valence-corrected chi connectivity index (χ1v) is 21.7. The van der Waals surface area contributed by atoms with Crippen molar-refractivity contribution in [2.45, 2.75) is 19.3 Å². The number of thiophene rings is 1. The average molecular weight is 800 g/mol. The summed E-state index contributed by atoms with van der Waals surface area (Å²) in [6.45, 7) is 4.69. The summed E-state index contributed by atoms with van der Waals surface area (Å²) in [5, 5.41) is 6.84. The molecule has 0 atom stereocenters. The Morgan fingerprint density at radius 3 is 1.93 bits per heavy atom. The minimum absolute atomic E-state index is 0.152. The van der Waals surface area contributed by atoms with Crippen LogP contribution in [0.15, 0.2) is 197 Å². The molecule has 61 heavy (non-hydrogen) atoms. The topological polar surface area (TPSA) is 29.5 Å². The maximum atomic E-state index is 7.05. The molecule has 0 amide bonds. The Hall–Kier alpha value is -7.40. The summed E-state index contributed by atoms with van der Waals surface area (Å²) in [6, 6.07) is 68.0. The van der Waals surface area contributed by atoms with E-state index in [0.29, 0.717) is 0 Å². The van der Waals surface area contributed by atoms with Gasteiger partial charge in [-0.15, -0.1) is 11.3 Å². The second-order valence-electron chi connectivity index (χ2n) is 16.8. The van der Waals surface area contributed by atoms with E-state index in [0.717, 1.165) is 72.1 Å². The third kappa shape index (κ3) is 5.03. The van der Waals surface area contributed by atoms with Gasteiger partial charge in [0.2, 0.25) is 0 Å².